The minimum atomic E-state index is -0.555. The molecule has 1 rings (SSSR count). The van der Waals surface area contributed by atoms with E-state index in [9.17, 15) is 4.79 Å². The summed E-state index contributed by atoms with van der Waals surface area (Å²) >= 11 is 5.84. The molecule has 0 heterocycles. The zero-order chi connectivity index (χ0) is 13.4. The minimum absolute atomic E-state index is 0.127. The largest absolute Gasteiger partial charge is 0.369 e. The van der Waals surface area contributed by atoms with Crippen molar-refractivity contribution < 1.29 is 4.79 Å². The molecule has 1 unspecified atom stereocenters. The standard InChI is InChI=1S/C13H16ClN3O/c1-2-6-16-13(18)8-12(9-15)17-11-5-3-4-10(14)7-11/h3-5,7,12,17H,2,6,8H2,1H3,(H,16,18). The third kappa shape index (κ3) is 5.07. The molecule has 1 atom stereocenters. The summed E-state index contributed by atoms with van der Waals surface area (Å²) < 4.78 is 0. The molecule has 0 fully saturated rings. The zero-order valence-electron chi connectivity index (χ0n) is 10.2. The van der Waals surface area contributed by atoms with Crippen molar-refractivity contribution in [1.29, 1.82) is 5.26 Å². The Hall–Kier alpha value is -1.73. The average molecular weight is 266 g/mol. The van der Waals surface area contributed by atoms with E-state index in [2.05, 4.69) is 16.7 Å². The molecule has 1 amide bonds. The summed E-state index contributed by atoms with van der Waals surface area (Å²) in [6, 6.07) is 8.57. The molecular weight excluding hydrogens is 250 g/mol. The molecule has 0 bridgehead atoms. The summed E-state index contributed by atoms with van der Waals surface area (Å²) in [6.07, 6.45) is 1.01. The van der Waals surface area contributed by atoms with Gasteiger partial charge in [-0.15, -0.1) is 0 Å². The molecular formula is C13H16ClN3O. The van der Waals surface area contributed by atoms with Gasteiger partial charge in [-0.2, -0.15) is 5.26 Å². The molecule has 0 aromatic heterocycles. The van der Waals surface area contributed by atoms with Crippen molar-refractivity contribution in [2.75, 3.05) is 11.9 Å². The van der Waals surface area contributed by atoms with Crippen LogP contribution in [0.15, 0.2) is 24.3 Å². The summed E-state index contributed by atoms with van der Waals surface area (Å²) in [4.78, 5) is 11.5. The third-order valence-corrected chi connectivity index (χ3v) is 2.52. The van der Waals surface area contributed by atoms with Gasteiger partial charge in [0.05, 0.1) is 12.5 Å². The van der Waals surface area contributed by atoms with Crippen LogP contribution in [-0.4, -0.2) is 18.5 Å². The molecule has 0 aliphatic carbocycles. The van der Waals surface area contributed by atoms with Gasteiger partial charge in [0.2, 0.25) is 5.91 Å². The predicted molar refractivity (Wildman–Crippen MR) is 72.4 cm³/mol. The molecule has 2 N–H and O–H groups in total. The van der Waals surface area contributed by atoms with Crippen LogP contribution in [0, 0.1) is 11.3 Å². The number of hydrogen-bond donors (Lipinski definition) is 2. The van der Waals surface area contributed by atoms with Gasteiger partial charge in [-0.25, -0.2) is 0 Å². The summed E-state index contributed by atoms with van der Waals surface area (Å²) in [5.74, 6) is -0.127. The Morgan fingerprint density at radius 2 is 2.33 bits per heavy atom. The summed E-state index contributed by atoms with van der Waals surface area (Å²) in [5, 5.41) is 15.3. The van der Waals surface area contributed by atoms with E-state index in [1.165, 1.54) is 0 Å². The van der Waals surface area contributed by atoms with Gasteiger partial charge in [0.25, 0.3) is 0 Å². The minimum Gasteiger partial charge on any atom is -0.369 e. The van der Waals surface area contributed by atoms with Gasteiger partial charge in [0, 0.05) is 17.3 Å². The predicted octanol–water partition coefficient (Wildman–Crippen LogP) is 2.56. The lowest BCUT2D eigenvalue weighted by Gasteiger charge is -2.12. The van der Waals surface area contributed by atoms with E-state index in [4.69, 9.17) is 16.9 Å². The Morgan fingerprint density at radius 1 is 1.56 bits per heavy atom. The van der Waals surface area contributed by atoms with E-state index in [-0.39, 0.29) is 12.3 Å². The van der Waals surface area contributed by atoms with Crippen LogP contribution in [0.25, 0.3) is 0 Å². The monoisotopic (exact) mass is 265 g/mol. The number of anilines is 1. The number of carbonyl (C=O) groups excluding carboxylic acids is 1. The number of benzene rings is 1. The number of rotatable bonds is 6. The topological polar surface area (TPSA) is 64.9 Å². The number of nitrogens with zero attached hydrogens (tertiary/aromatic N) is 1. The first-order valence-electron chi connectivity index (χ1n) is 5.84. The zero-order valence-corrected chi connectivity index (χ0v) is 11.0. The summed E-state index contributed by atoms with van der Waals surface area (Å²) in [7, 11) is 0. The van der Waals surface area contributed by atoms with Crippen LogP contribution >= 0.6 is 11.6 Å². The molecule has 5 heteroatoms. The Morgan fingerprint density at radius 3 is 2.94 bits per heavy atom. The lowest BCUT2D eigenvalue weighted by molar-refractivity contribution is -0.121. The molecule has 0 saturated carbocycles. The van der Waals surface area contributed by atoms with Gasteiger partial charge >= 0.3 is 0 Å². The van der Waals surface area contributed by atoms with Crippen LogP contribution in [0.3, 0.4) is 0 Å². The molecule has 18 heavy (non-hydrogen) atoms. The smallest absolute Gasteiger partial charge is 0.223 e. The molecule has 96 valence electrons. The second-order valence-corrected chi connectivity index (χ2v) is 4.33. The van der Waals surface area contributed by atoms with Crippen LogP contribution in [0.1, 0.15) is 19.8 Å². The number of nitrogens with one attached hydrogen (secondary N) is 2. The maximum absolute atomic E-state index is 11.5. The van der Waals surface area contributed by atoms with Gasteiger partial charge in [0.15, 0.2) is 0 Å². The van der Waals surface area contributed by atoms with Gasteiger partial charge in [-0.3, -0.25) is 4.79 Å². The fraction of sp³-hybridized carbons (Fsp3) is 0.385. The highest BCUT2D eigenvalue weighted by Crippen LogP contribution is 2.16. The quantitative estimate of drug-likeness (QED) is 0.831. The Balaban J connectivity index is 2.52. The lowest BCUT2D eigenvalue weighted by atomic mass is 10.2. The first kappa shape index (κ1) is 14.3. The van der Waals surface area contributed by atoms with E-state index in [0.717, 1.165) is 12.1 Å². The summed E-state index contributed by atoms with van der Waals surface area (Å²) in [6.45, 7) is 2.61. The van der Waals surface area contributed by atoms with Crippen molar-refractivity contribution in [1.82, 2.24) is 5.32 Å². The molecule has 0 radical (unpaired) electrons. The highest BCUT2D eigenvalue weighted by atomic mass is 35.5. The highest BCUT2D eigenvalue weighted by Gasteiger charge is 2.12. The number of nitriles is 1. The Bertz CT molecular complexity index is 442. The van der Waals surface area contributed by atoms with E-state index < -0.39 is 6.04 Å². The molecule has 0 aliphatic heterocycles. The molecule has 1 aromatic rings. The fourth-order valence-electron chi connectivity index (χ4n) is 1.43. The number of hydrogen-bond acceptors (Lipinski definition) is 3. The second kappa shape index (κ2) is 7.57. The molecule has 0 spiro atoms. The van der Waals surface area contributed by atoms with E-state index in [0.29, 0.717) is 11.6 Å². The van der Waals surface area contributed by atoms with Crippen LogP contribution in [0.2, 0.25) is 5.02 Å². The number of amides is 1. The lowest BCUT2D eigenvalue weighted by Crippen LogP contribution is -2.30. The van der Waals surface area contributed by atoms with Crippen molar-refractivity contribution in [3.05, 3.63) is 29.3 Å². The normalized spacial score (nSPS) is 11.4. The van der Waals surface area contributed by atoms with E-state index >= 15 is 0 Å². The third-order valence-electron chi connectivity index (χ3n) is 2.28. The van der Waals surface area contributed by atoms with Crippen molar-refractivity contribution in [2.45, 2.75) is 25.8 Å². The molecule has 0 aliphatic rings. The van der Waals surface area contributed by atoms with Crippen molar-refractivity contribution in [3.63, 3.8) is 0 Å². The number of halogens is 1. The summed E-state index contributed by atoms with van der Waals surface area (Å²) in [5.41, 5.74) is 0.734. The van der Waals surface area contributed by atoms with E-state index in [1.54, 1.807) is 24.3 Å². The van der Waals surface area contributed by atoms with Crippen LogP contribution in [0.4, 0.5) is 5.69 Å². The Kier molecular flexibility index (Phi) is 6.03. The number of carbonyl (C=O) groups is 1. The van der Waals surface area contributed by atoms with Crippen molar-refractivity contribution in [2.24, 2.45) is 0 Å². The van der Waals surface area contributed by atoms with Crippen molar-refractivity contribution >= 4 is 23.2 Å². The fourth-order valence-corrected chi connectivity index (χ4v) is 1.62. The van der Waals surface area contributed by atoms with Crippen LogP contribution in [0.5, 0.6) is 0 Å². The van der Waals surface area contributed by atoms with Gasteiger partial charge in [0.1, 0.15) is 6.04 Å². The van der Waals surface area contributed by atoms with Gasteiger partial charge in [-0.05, 0) is 24.6 Å². The first-order valence-corrected chi connectivity index (χ1v) is 6.22. The second-order valence-electron chi connectivity index (χ2n) is 3.89. The maximum Gasteiger partial charge on any atom is 0.223 e. The highest BCUT2D eigenvalue weighted by molar-refractivity contribution is 6.30. The molecule has 0 saturated heterocycles. The van der Waals surface area contributed by atoms with E-state index in [1.807, 2.05) is 6.92 Å². The average Bonchev–Trinajstić information content (AvgIpc) is 2.35. The Labute approximate surface area is 112 Å². The van der Waals surface area contributed by atoms with Gasteiger partial charge in [-0.1, -0.05) is 24.6 Å². The van der Waals surface area contributed by atoms with Crippen LogP contribution < -0.4 is 10.6 Å². The maximum atomic E-state index is 11.5. The van der Waals surface area contributed by atoms with Crippen molar-refractivity contribution in [3.8, 4) is 6.07 Å². The molecule has 1 aromatic carbocycles. The SMILES string of the molecule is CCCNC(=O)CC(C#N)Nc1cccc(Cl)c1. The van der Waals surface area contributed by atoms with Gasteiger partial charge < -0.3 is 10.6 Å². The van der Waals surface area contributed by atoms with Crippen LogP contribution in [-0.2, 0) is 4.79 Å². The first-order chi connectivity index (χ1) is 8.65. The molecule has 4 nitrogen and oxygen atoms in total.